The molecule has 39 heavy (non-hydrogen) atoms. The van der Waals surface area contributed by atoms with Crippen molar-refractivity contribution in [3.8, 4) is 17.2 Å². The second-order valence-electron chi connectivity index (χ2n) is 10.0. The van der Waals surface area contributed by atoms with E-state index in [-0.39, 0.29) is 6.61 Å². The fourth-order valence-corrected chi connectivity index (χ4v) is 6.01. The highest BCUT2D eigenvalue weighted by Crippen LogP contribution is 2.47. The van der Waals surface area contributed by atoms with Crippen LogP contribution in [0.25, 0.3) is 0 Å². The van der Waals surface area contributed by atoms with Gasteiger partial charge in [0.05, 0.1) is 12.7 Å². The molecule has 210 valence electrons. The largest absolute Gasteiger partial charge is 0.494 e. The lowest BCUT2D eigenvalue weighted by molar-refractivity contribution is 0.0548. The standard InChI is InChI=1S/C31H40NO6P/c1-2-27-28(12-8-13-29(27)38-23-31(39(34)35)19-7-6-14-30(31)33)32-20-9-21-36-25-15-17-26(18-16-25)37-22-24-10-4-3-5-11-24/h3-5,8,10-13,15-18,30,32-33,39H,2,6-7,9,14,19-23H2,1H3,(H,34,35). The molecule has 1 aliphatic rings. The minimum Gasteiger partial charge on any atom is -0.494 e. The molecule has 1 fully saturated rings. The highest BCUT2D eigenvalue weighted by molar-refractivity contribution is 7.40. The Labute approximate surface area is 232 Å². The normalized spacial score (nSPS) is 19.7. The molecule has 0 radical (unpaired) electrons. The maximum Gasteiger partial charge on any atom is 0.201 e. The fourth-order valence-electron chi connectivity index (χ4n) is 5.00. The Kier molecular flexibility index (Phi) is 10.7. The average molecular weight is 554 g/mol. The molecule has 4 rings (SSSR count). The van der Waals surface area contributed by atoms with Gasteiger partial charge in [-0.2, -0.15) is 0 Å². The number of rotatable bonds is 14. The van der Waals surface area contributed by atoms with Crippen LogP contribution in [0, 0.1) is 0 Å². The van der Waals surface area contributed by atoms with Crippen LogP contribution < -0.4 is 19.5 Å². The number of aliphatic hydroxyl groups excluding tert-OH is 1. The molecule has 0 amide bonds. The van der Waals surface area contributed by atoms with Gasteiger partial charge in [0.15, 0.2) is 0 Å². The summed E-state index contributed by atoms with van der Waals surface area (Å²) in [7, 11) is -2.96. The summed E-state index contributed by atoms with van der Waals surface area (Å²) in [6.45, 7) is 3.93. The Morgan fingerprint density at radius 3 is 2.38 bits per heavy atom. The predicted molar refractivity (Wildman–Crippen MR) is 156 cm³/mol. The van der Waals surface area contributed by atoms with E-state index in [2.05, 4.69) is 12.2 Å². The molecule has 3 unspecified atom stereocenters. The van der Waals surface area contributed by atoms with E-state index in [1.807, 2.05) is 72.8 Å². The summed E-state index contributed by atoms with van der Waals surface area (Å²) >= 11 is 0. The van der Waals surface area contributed by atoms with Gasteiger partial charge in [0.1, 0.15) is 35.6 Å². The van der Waals surface area contributed by atoms with Crippen molar-refractivity contribution < 1.29 is 28.8 Å². The zero-order valence-electron chi connectivity index (χ0n) is 22.6. The van der Waals surface area contributed by atoms with Crippen LogP contribution in [-0.4, -0.2) is 41.0 Å². The van der Waals surface area contributed by atoms with Crippen LogP contribution >= 0.6 is 8.03 Å². The lowest BCUT2D eigenvalue weighted by Crippen LogP contribution is -2.46. The third-order valence-electron chi connectivity index (χ3n) is 7.36. The first-order valence-electron chi connectivity index (χ1n) is 13.8. The van der Waals surface area contributed by atoms with Crippen LogP contribution in [0.3, 0.4) is 0 Å². The topological polar surface area (TPSA) is 97.2 Å². The van der Waals surface area contributed by atoms with E-state index in [1.165, 1.54) is 0 Å². The molecule has 0 aliphatic heterocycles. The summed E-state index contributed by atoms with van der Waals surface area (Å²) in [4.78, 5) is 10.1. The van der Waals surface area contributed by atoms with Crippen LogP contribution in [0.5, 0.6) is 17.2 Å². The monoisotopic (exact) mass is 553 g/mol. The van der Waals surface area contributed by atoms with Crippen LogP contribution in [0.4, 0.5) is 5.69 Å². The third-order valence-corrected chi connectivity index (χ3v) is 8.94. The van der Waals surface area contributed by atoms with Gasteiger partial charge < -0.3 is 29.5 Å². The van der Waals surface area contributed by atoms with E-state index < -0.39 is 19.3 Å². The molecule has 1 saturated carbocycles. The van der Waals surface area contributed by atoms with E-state index in [0.717, 1.165) is 60.5 Å². The van der Waals surface area contributed by atoms with Gasteiger partial charge in [0.25, 0.3) is 0 Å². The van der Waals surface area contributed by atoms with Crippen LogP contribution in [0.2, 0.25) is 0 Å². The van der Waals surface area contributed by atoms with Crippen molar-refractivity contribution in [3.05, 3.63) is 83.9 Å². The summed E-state index contributed by atoms with van der Waals surface area (Å²) in [5, 5.41) is 12.9. The van der Waals surface area contributed by atoms with Crippen molar-refractivity contribution in [2.24, 2.45) is 0 Å². The molecule has 3 N–H and O–H groups in total. The number of nitrogens with one attached hydrogen (secondary N) is 1. The molecule has 0 heterocycles. The minimum atomic E-state index is -2.96. The zero-order valence-corrected chi connectivity index (χ0v) is 23.6. The first-order valence-corrected chi connectivity index (χ1v) is 15.2. The van der Waals surface area contributed by atoms with Crippen molar-refractivity contribution >= 4 is 13.7 Å². The van der Waals surface area contributed by atoms with Crippen LogP contribution in [-0.2, 0) is 17.6 Å². The van der Waals surface area contributed by atoms with Gasteiger partial charge in [-0.05, 0) is 67.6 Å². The number of anilines is 1. The van der Waals surface area contributed by atoms with Crippen LogP contribution in [0.15, 0.2) is 72.8 Å². The smallest absolute Gasteiger partial charge is 0.201 e. The first-order chi connectivity index (χ1) is 19.0. The van der Waals surface area contributed by atoms with E-state index in [0.29, 0.717) is 31.8 Å². The Bertz CT molecular complexity index is 1190. The third kappa shape index (κ3) is 7.78. The van der Waals surface area contributed by atoms with Gasteiger partial charge in [-0.25, -0.2) is 0 Å². The number of benzene rings is 3. The lowest BCUT2D eigenvalue weighted by Gasteiger charge is -2.38. The van der Waals surface area contributed by atoms with Gasteiger partial charge >= 0.3 is 0 Å². The maximum absolute atomic E-state index is 12.2. The second kappa shape index (κ2) is 14.4. The van der Waals surface area contributed by atoms with E-state index in [9.17, 15) is 14.6 Å². The van der Waals surface area contributed by atoms with Crippen molar-refractivity contribution in [1.82, 2.24) is 0 Å². The molecular weight excluding hydrogens is 513 g/mol. The zero-order chi connectivity index (χ0) is 27.5. The molecule has 3 aromatic rings. The summed E-state index contributed by atoms with van der Waals surface area (Å²) in [6, 6.07) is 23.6. The average Bonchev–Trinajstić information content (AvgIpc) is 2.96. The molecule has 3 aromatic carbocycles. The Balaban J connectivity index is 1.23. The first kappa shape index (κ1) is 29.0. The van der Waals surface area contributed by atoms with E-state index >= 15 is 0 Å². The summed E-state index contributed by atoms with van der Waals surface area (Å²) < 4.78 is 30.1. The molecular formula is C31H40NO6P. The molecule has 0 saturated heterocycles. The second-order valence-corrected chi connectivity index (χ2v) is 11.6. The number of hydrogen-bond acceptors (Lipinski definition) is 6. The summed E-state index contributed by atoms with van der Waals surface area (Å²) in [5.74, 6) is 2.29. The van der Waals surface area contributed by atoms with Crippen molar-refractivity contribution in [2.45, 2.75) is 63.3 Å². The Morgan fingerprint density at radius 2 is 1.69 bits per heavy atom. The number of hydrogen-bond donors (Lipinski definition) is 3. The molecule has 8 heteroatoms. The summed E-state index contributed by atoms with van der Waals surface area (Å²) in [6.07, 6.45) is 3.48. The quantitative estimate of drug-likeness (QED) is 0.161. The van der Waals surface area contributed by atoms with Gasteiger partial charge in [0.2, 0.25) is 8.03 Å². The van der Waals surface area contributed by atoms with Crippen LogP contribution in [0.1, 0.15) is 50.2 Å². The van der Waals surface area contributed by atoms with Crippen molar-refractivity contribution in [2.75, 3.05) is 25.1 Å². The predicted octanol–water partition coefficient (Wildman–Crippen LogP) is 6.23. The van der Waals surface area contributed by atoms with Gasteiger partial charge in [-0.3, -0.25) is 4.57 Å². The van der Waals surface area contributed by atoms with Gasteiger partial charge in [0, 0.05) is 17.8 Å². The molecule has 0 bridgehead atoms. The van der Waals surface area contributed by atoms with Gasteiger partial charge in [-0.15, -0.1) is 0 Å². The molecule has 0 spiro atoms. The highest BCUT2D eigenvalue weighted by atomic mass is 31.1. The van der Waals surface area contributed by atoms with E-state index in [4.69, 9.17) is 14.2 Å². The maximum atomic E-state index is 12.2. The number of ether oxygens (including phenoxy) is 3. The van der Waals surface area contributed by atoms with Crippen molar-refractivity contribution in [3.63, 3.8) is 0 Å². The SMILES string of the molecule is CCc1c(NCCCOc2ccc(OCc3ccccc3)cc2)cccc1OCC1([PH](=O)O)CCCCC1O. The van der Waals surface area contributed by atoms with E-state index in [1.54, 1.807) is 0 Å². The fraction of sp³-hybridized carbons (Fsp3) is 0.419. The molecule has 3 atom stereocenters. The molecule has 1 aliphatic carbocycles. The Hall–Kier alpha value is -2.99. The van der Waals surface area contributed by atoms with Crippen molar-refractivity contribution in [1.29, 1.82) is 0 Å². The minimum absolute atomic E-state index is 0.0445. The highest BCUT2D eigenvalue weighted by Gasteiger charge is 2.45. The van der Waals surface area contributed by atoms with Gasteiger partial charge in [-0.1, -0.05) is 56.2 Å². The Morgan fingerprint density at radius 1 is 0.949 bits per heavy atom. The number of aliphatic hydroxyl groups is 1. The molecule has 0 aromatic heterocycles. The lowest BCUT2D eigenvalue weighted by atomic mass is 9.86. The summed E-state index contributed by atoms with van der Waals surface area (Å²) in [5.41, 5.74) is 3.12. The molecule has 7 nitrogen and oxygen atoms in total.